The first-order valence-corrected chi connectivity index (χ1v) is 5.97. The number of rotatable bonds is 7. The highest BCUT2D eigenvalue weighted by Gasteiger charge is 2.21. The second kappa shape index (κ2) is 10.1. The van der Waals surface area contributed by atoms with Gasteiger partial charge in [-0.3, -0.25) is 0 Å². The molecular formula is C10H21Cl2N3OS. The Morgan fingerprint density at radius 2 is 2.12 bits per heavy atom. The Balaban J connectivity index is 0. The van der Waals surface area contributed by atoms with Crippen molar-refractivity contribution in [3.8, 4) is 0 Å². The number of ether oxygens (including phenoxy) is 1. The van der Waals surface area contributed by atoms with E-state index in [1.165, 1.54) is 0 Å². The van der Waals surface area contributed by atoms with Crippen molar-refractivity contribution in [2.24, 2.45) is 5.73 Å². The van der Waals surface area contributed by atoms with Crippen LogP contribution in [0.1, 0.15) is 18.9 Å². The summed E-state index contributed by atoms with van der Waals surface area (Å²) in [5, 5.41) is 6.49. The third-order valence-electron chi connectivity index (χ3n) is 2.04. The predicted molar refractivity (Wildman–Crippen MR) is 77.5 cm³/mol. The average molecular weight is 302 g/mol. The maximum absolute atomic E-state index is 5.32. The third kappa shape index (κ3) is 7.18. The highest BCUT2D eigenvalue weighted by Crippen LogP contribution is 2.21. The summed E-state index contributed by atoms with van der Waals surface area (Å²) in [7, 11) is 0. The zero-order chi connectivity index (χ0) is 11.1. The van der Waals surface area contributed by atoms with E-state index < -0.39 is 0 Å². The second-order valence-electron chi connectivity index (χ2n) is 3.79. The van der Waals surface area contributed by atoms with Crippen molar-refractivity contribution in [2.75, 3.05) is 26.3 Å². The number of hydrogen-bond donors (Lipinski definition) is 2. The quantitative estimate of drug-likeness (QED) is 0.754. The zero-order valence-corrected chi connectivity index (χ0v) is 12.6. The van der Waals surface area contributed by atoms with E-state index in [1.807, 2.05) is 11.6 Å². The Bertz CT molecular complexity index is 271. The van der Waals surface area contributed by atoms with Gasteiger partial charge >= 0.3 is 0 Å². The van der Waals surface area contributed by atoms with E-state index in [0.717, 1.165) is 11.6 Å². The number of thiazole rings is 1. The van der Waals surface area contributed by atoms with Gasteiger partial charge < -0.3 is 15.8 Å². The number of halogens is 2. The smallest absolute Gasteiger partial charge is 0.112 e. The standard InChI is InChI=1S/C10H19N3OS.2ClH/c1-10(2,9-12-5-8-15-9)13-4-7-14-6-3-11;;/h5,8,13H,3-4,6-7,11H2,1-2H3;2*1H. The molecule has 0 radical (unpaired) electrons. The van der Waals surface area contributed by atoms with Crippen molar-refractivity contribution in [2.45, 2.75) is 19.4 Å². The predicted octanol–water partition coefficient (Wildman–Crippen LogP) is 1.79. The number of hydrogen-bond acceptors (Lipinski definition) is 5. The van der Waals surface area contributed by atoms with Crippen molar-refractivity contribution in [1.82, 2.24) is 10.3 Å². The first-order valence-electron chi connectivity index (χ1n) is 5.09. The number of nitrogens with zero attached hydrogens (tertiary/aromatic N) is 1. The molecule has 0 saturated carbocycles. The van der Waals surface area contributed by atoms with E-state index in [0.29, 0.717) is 19.8 Å². The van der Waals surface area contributed by atoms with Gasteiger partial charge in [0.25, 0.3) is 0 Å². The van der Waals surface area contributed by atoms with Gasteiger partial charge in [-0.15, -0.1) is 36.2 Å². The molecule has 0 bridgehead atoms. The molecule has 0 aliphatic heterocycles. The summed E-state index contributed by atoms with van der Waals surface area (Å²) in [4.78, 5) is 4.30. The largest absolute Gasteiger partial charge is 0.379 e. The van der Waals surface area contributed by atoms with Crippen LogP contribution in [0, 0.1) is 0 Å². The minimum atomic E-state index is -0.0831. The average Bonchev–Trinajstić information content (AvgIpc) is 2.70. The number of nitrogens with two attached hydrogens (primary N) is 1. The highest BCUT2D eigenvalue weighted by atomic mass is 35.5. The summed E-state index contributed by atoms with van der Waals surface area (Å²) < 4.78 is 5.29. The number of nitrogens with one attached hydrogen (secondary N) is 1. The summed E-state index contributed by atoms with van der Waals surface area (Å²) >= 11 is 1.66. The second-order valence-corrected chi connectivity index (χ2v) is 4.68. The molecule has 0 spiro atoms. The van der Waals surface area contributed by atoms with Crippen LogP contribution in [0.2, 0.25) is 0 Å². The van der Waals surface area contributed by atoms with Gasteiger partial charge in [0.15, 0.2) is 0 Å². The molecule has 102 valence electrons. The lowest BCUT2D eigenvalue weighted by molar-refractivity contribution is 0.136. The molecule has 0 amide bonds. The summed E-state index contributed by atoms with van der Waals surface area (Å²) in [5.74, 6) is 0. The zero-order valence-electron chi connectivity index (χ0n) is 10.1. The van der Waals surface area contributed by atoms with Gasteiger partial charge in [-0.2, -0.15) is 0 Å². The van der Waals surface area contributed by atoms with Gasteiger partial charge in [-0.05, 0) is 13.8 Å². The van der Waals surface area contributed by atoms with Crippen molar-refractivity contribution < 1.29 is 4.74 Å². The molecular weight excluding hydrogens is 281 g/mol. The Morgan fingerprint density at radius 3 is 2.65 bits per heavy atom. The normalized spacial score (nSPS) is 10.5. The molecule has 0 saturated heterocycles. The molecule has 1 heterocycles. The molecule has 17 heavy (non-hydrogen) atoms. The van der Waals surface area contributed by atoms with E-state index in [-0.39, 0.29) is 30.4 Å². The van der Waals surface area contributed by atoms with Crippen molar-refractivity contribution in [3.63, 3.8) is 0 Å². The van der Waals surface area contributed by atoms with Gasteiger partial charge in [0.2, 0.25) is 0 Å². The molecule has 3 N–H and O–H groups in total. The lowest BCUT2D eigenvalue weighted by Crippen LogP contribution is -2.38. The molecule has 1 aromatic rings. The fourth-order valence-electron chi connectivity index (χ4n) is 1.23. The van der Waals surface area contributed by atoms with Crippen LogP contribution >= 0.6 is 36.2 Å². The molecule has 0 aliphatic rings. The molecule has 7 heteroatoms. The summed E-state index contributed by atoms with van der Waals surface area (Å²) in [6.07, 6.45) is 1.83. The molecule has 0 aromatic carbocycles. The maximum Gasteiger partial charge on any atom is 0.112 e. The van der Waals surface area contributed by atoms with Crippen LogP contribution in [0.3, 0.4) is 0 Å². The first kappa shape index (κ1) is 19.4. The van der Waals surface area contributed by atoms with Crippen LogP contribution in [0.4, 0.5) is 0 Å². The van der Waals surface area contributed by atoms with E-state index >= 15 is 0 Å². The molecule has 4 nitrogen and oxygen atoms in total. The SMILES string of the molecule is CC(C)(NCCOCCN)c1nccs1.Cl.Cl. The Morgan fingerprint density at radius 1 is 1.41 bits per heavy atom. The van der Waals surface area contributed by atoms with Gasteiger partial charge in [0.05, 0.1) is 18.8 Å². The van der Waals surface area contributed by atoms with E-state index in [4.69, 9.17) is 10.5 Å². The van der Waals surface area contributed by atoms with Crippen molar-refractivity contribution in [1.29, 1.82) is 0 Å². The highest BCUT2D eigenvalue weighted by molar-refractivity contribution is 7.09. The van der Waals surface area contributed by atoms with Gasteiger partial charge in [-0.25, -0.2) is 4.98 Å². The lowest BCUT2D eigenvalue weighted by Gasteiger charge is -2.23. The Kier molecular flexibility index (Phi) is 11.5. The topological polar surface area (TPSA) is 60.2 Å². The van der Waals surface area contributed by atoms with E-state index in [1.54, 1.807) is 11.3 Å². The van der Waals surface area contributed by atoms with Crippen LogP contribution < -0.4 is 11.1 Å². The molecule has 0 atom stereocenters. The van der Waals surface area contributed by atoms with E-state index in [2.05, 4.69) is 24.1 Å². The molecule has 1 aromatic heterocycles. The monoisotopic (exact) mass is 301 g/mol. The van der Waals surface area contributed by atoms with Crippen molar-refractivity contribution in [3.05, 3.63) is 16.6 Å². The van der Waals surface area contributed by atoms with Crippen LogP contribution in [0.15, 0.2) is 11.6 Å². The van der Waals surface area contributed by atoms with Crippen LogP contribution in [-0.2, 0) is 10.3 Å². The third-order valence-corrected chi connectivity index (χ3v) is 3.14. The van der Waals surface area contributed by atoms with Gasteiger partial charge in [0, 0.05) is 24.7 Å². The minimum absolute atomic E-state index is 0. The number of aromatic nitrogens is 1. The van der Waals surface area contributed by atoms with Gasteiger partial charge in [-0.1, -0.05) is 0 Å². The fraction of sp³-hybridized carbons (Fsp3) is 0.700. The first-order chi connectivity index (χ1) is 7.17. The maximum atomic E-state index is 5.32. The summed E-state index contributed by atoms with van der Waals surface area (Å²) in [6, 6.07) is 0. The molecule has 0 aliphatic carbocycles. The van der Waals surface area contributed by atoms with Crippen LogP contribution in [0.25, 0.3) is 0 Å². The summed E-state index contributed by atoms with van der Waals surface area (Å²) in [6.45, 7) is 6.94. The fourth-order valence-corrected chi connectivity index (χ4v) is 1.97. The Labute approximate surface area is 119 Å². The van der Waals surface area contributed by atoms with Crippen LogP contribution in [-0.4, -0.2) is 31.3 Å². The van der Waals surface area contributed by atoms with Gasteiger partial charge in [0.1, 0.15) is 5.01 Å². The molecule has 1 rings (SSSR count). The van der Waals surface area contributed by atoms with Crippen LogP contribution in [0.5, 0.6) is 0 Å². The lowest BCUT2D eigenvalue weighted by atomic mass is 10.1. The van der Waals surface area contributed by atoms with Crippen molar-refractivity contribution >= 4 is 36.2 Å². The summed E-state index contributed by atoms with van der Waals surface area (Å²) in [5.41, 5.74) is 5.24. The van der Waals surface area contributed by atoms with E-state index in [9.17, 15) is 0 Å². The Hall–Kier alpha value is 0.0900. The minimum Gasteiger partial charge on any atom is -0.379 e. The molecule has 0 fully saturated rings. The molecule has 0 unspecified atom stereocenters.